The van der Waals surface area contributed by atoms with Gasteiger partial charge in [0, 0.05) is 29.8 Å². The first-order valence-electron chi connectivity index (χ1n) is 6.90. The molecule has 1 aromatic carbocycles. The van der Waals surface area contributed by atoms with Gasteiger partial charge in [0.25, 0.3) is 0 Å². The molecule has 1 aliphatic rings. The topological polar surface area (TPSA) is 34.9 Å². The van der Waals surface area contributed by atoms with Gasteiger partial charge in [-0.05, 0) is 30.9 Å². The van der Waals surface area contributed by atoms with Crippen molar-refractivity contribution in [3.8, 4) is 11.1 Å². The van der Waals surface area contributed by atoms with E-state index >= 15 is 0 Å². The molecular weight excluding hydrogens is 236 g/mol. The number of Topliss-reactive ketones (excluding diaryl/α,β-unsaturated/α-hetero) is 1. The number of hydrogen-bond acceptors (Lipinski definition) is 2. The third-order valence-electron chi connectivity index (χ3n) is 3.91. The summed E-state index contributed by atoms with van der Waals surface area (Å²) in [6.45, 7) is 5.20. The molecule has 3 rings (SSSR count). The third-order valence-corrected chi connectivity index (χ3v) is 3.91. The smallest absolute Gasteiger partial charge is 0.163 e. The maximum atomic E-state index is 11.8. The number of aryl methyl sites for hydroxylation is 1. The van der Waals surface area contributed by atoms with E-state index < -0.39 is 0 Å². The van der Waals surface area contributed by atoms with Gasteiger partial charge < -0.3 is 0 Å². The fourth-order valence-corrected chi connectivity index (χ4v) is 2.89. The van der Waals surface area contributed by atoms with Gasteiger partial charge in [0.05, 0.1) is 6.20 Å². The van der Waals surface area contributed by atoms with E-state index in [9.17, 15) is 4.79 Å². The number of carbonyl (C=O) groups is 1. The van der Waals surface area contributed by atoms with Crippen LogP contribution in [0.25, 0.3) is 11.1 Å². The molecule has 0 saturated carbocycles. The van der Waals surface area contributed by atoms with Crippen LogP contribution in [-0.4, -0.2) is 15.6 Å². The number of benzene rings is 1. The second-order valence-electron chi connectivity index (χ2n) is 5.12. The third kappa shape index (κ3) is 1.89. The molecule has 0 bridgehead atoms. The van der Waals surface area contributed by atoms with Gasteiger partial charge in [-0.3, -0.25) is 9.48 Å². The Hall–Kier alpha value is -1.90. The molecule has 0 atom stereocenters. The second-order valence-corrected chi connectivity index (χ2v) is 5.12. The maximum absolute atomic E-state index is 11.8. The molecule has 0 aliphatic heterocycles. The Balaban J connectivity index is 2.11. The van der Waals surface area contributed by atoms with Crippen LogP contribution in [-0.2, 0) is 13.0 Å². The molecule has 98 valence electrons. The lowest BCUT2D eigenvalue weighted by Gasteiger charge is -2.08. The summed E-state index contributed by atoms with van der Waals surface area (Å²) in [4.78, 5) is 11.8. The Morgan fingerprint density at radius 3 is 2.79 bits per heavy atom. The van der Waals surface area contributed by atoms with E-state index in [1.807, 2.05) is 23.0 Å². The molecule has 1 aromatic heterocycles. The summed E-state index contributed by atoms with van der Waals surface area (Å²) in [7, 11) is 0. The van der Waals surface area contributed by atoms with Crippen LogP contribution in [0.2, 0.25) is 0 Å². The minimum Gasteiger partial charge on any atom is -0.294 e. The van der Waals surface area contributed by atoms with Crippen LogP contribution >= 0.6 is 0 Å². The summed E-state index contributed by atoms with van der Waals surface area (Å²) in [5, 5.41) is 4.46. The lowest BCUT2D eigenvalue weighted by molar-refractivity contribution is 0.0994. The highest BCUT2D eigenvalue weighted by Gasteiger charge is 2.23. The molecule has 1 heterocycles. The number of rotatable bonds is 3. The molecule has 19 heavy (non-hydrogen) atoms. The predicted molar refractivity (Wildman–Crippen MR) is 75.3 cm³/mol. The van der Waals surface area contributed by atoms with E-state index in [0.29, 0.717) is 6.42 Å². The second kappa shape index (κ2) is 4.65. The highest BCUT2D eigenvalue weighted by Crippen LogP contribution is 2.33. The monoisotopic (exact) mass is 254 g/mol. The Kier molecular flexibility index (Phi) is 2.97. The molecule has 0 unspecified atom stereocenters. The predicted octanol–water partition coefficient (Wildman–Crippen LogP) is 3.40. The first kappa shape index (κ1) is 12.2. The van der Waals surface area contributed by atoms with Gasteiger partial charge in [-0.15, -0.1) is 0 Å². The van der Waals surface area contributed by atoms with Crippen molar-refractivity contribution in [1.82, 2.24) is 9.78 Å². The number of ketones is 1. The largest absolute Gasteiger partial charge is 0.294 e. The van der Waals surface area contributed by atoms with Crippen LogP contribution in [0.1, 0.15) is 41.4 Å². The lowest BCUT2D eigenvalue weighted by Crippen LogP contribution is -2.01. The van der Waals surface area contributed by atoms with E-state index in [1.165, 1.54) is 22.4 Å². The van der Waals surface area contributed by atoms with Crippen molar-refractivity contribution < 1.29 is 4.79 Å². The molecule has 0 N–H and O–H groups in total. The highest BCUT2D eigenvalue weighted by molar-refractivity contribution is 6.02. The number of aromatic nitrogens is 2. The zero-order valence-corrected chi connectivity index (χ0v) is 11.4. The average molecular weight is 254 g/mol. The van der Waals surface area contributed by atoms with Crippen molar-refractivity contribution in [2.75, 3.05) is 0 Å². The molecule has 0 spiro atoms. The standard InChI is InChI=1S/C16H18N2O/c1-3-9-18-11(2)15(10-17-18)12-5-4-6-14-13(12)7-8-16(14)19/h4-6,10H,3,7-9H2,1-2H3. The van der Waals surface area contributed by atoms with E-state index in [-0.39, 0.29) is 5.78 Å². The zero-order chi connectivity index (χ0) is 13.4. The normalized spacial score (nSPS) is 13.9. The van der Waals surface area contributed by atoms with Crippen LogP contribution < -0.4 is 0 Å². The first-order valence-corrected chi connectivity index (χ1v) is 6.90. The molecule has 0 fully saturated rings. The summed E-state index contributed by atoms with van der Waals surface area (Å²) >= 11 is 0. The Morgan fingerprint density at radius 1 is 1.21 bits per heavy atom. The van der Waals surface area contributed by atoms with Crippen molar-refractivity contribution in [2.45, 2.75) is 39.7 Å². The minimum absolute atomic E-state index is 0.274. The van der Waals surface area contributed by atoms with Gasteiger partial charge in [-0.2, -0.15) is 5.10 Å². The van der Waals surface area contributed by atoms with E-state index in [0.717, 1.165) is 24.9 Å². The van der Waals surface area contributed by atoms with E-state index in [2.05, 4.69) is 25.0 Å². The van der Waals surface area contributed by atoms with Gasteiger partial charge in [0.15, 0.2) is 5.78 Å². The Labute approximate surface area is 113 Å². The number of carbonyl (C=O) groups excluding carboxylic acids is 1. The van der Waals surface area contributed by atoms with Gasteiger partial charge >= 0.3 is 0 Å². The van der Waals surface area contributed by atoms with Crippen LogP contribution in [0, 0.1) is 6.92 Å². The summed E-state index contributed by atoms with van der Waals surface area (Å²) in [5.74, 6) is 0.274. The van der Waals surface area contributed by atoms with Gasteiger partial charge in [-0.25, -0.2) is 0 Å². The average Bonchev–Trinajstić information content (AvgIpc) is 2.96. The van der Waals surface area contributed by atoms with E-state index in [4.69, 9.17) is 0 Å². The molecule has 1 aliphatic carbocycles. The van der Waals surface area contributed by atoms with Crippen molar-refractivity contribution >= 4 is 5.78 Å². The fourth-order valence-electron chi connectivity index (χ4n) is 2.89. The maximum Gasteiger partial charge on any atom is 0.163 e. The molecule has 0 saturated heterocycles. The number of hydrogen-bond donors (Lipinski definition) is 0. The summed E-state index contributed by atoms with van der Waals surface area (Å²) in [5.41, 5.74) is 5.64. The molecule has 3 heteroatoms. The van der Waals surface area contributed by atoms with Crippen molar-refractivity contribution in [2.24, 2.45) is 0 Å². The first-order chi connectivity index (χ1) is 9.22. The molecule has 3 nitrogen and oxygen atoms in total. The number of fused-ring (bicyclic) bond motifs is 1. The SMILES string of the molecule is CCCn1ncc(-c2cccc3c2CCC3=O)c1C. The number of nitrogens with zero attached hydrogens (tertiary/aromatic N) is 2. The van der Waals surface area contributed by atoms with Gasteiger partial charge in [-0.1, -0.05) is 25.1 Å². The molecular formula is C16H18N2O. The molecule has 2 aromatic rings. The van der Waals surface area contributed by atoms with Gasteiger partial charge in [0.2, 0.25) is 0 Å². The minimum atomic E-state index is 0.274. The quantitative estimate of drug-likeness (QED) is 0.841. The van der Waals surface area contributed by atoms with Crippen molar-refractivity contribution in [3.05, 3.63) is 41.2 Å². The summed E-state index contributed by atoms with van der Waals surface area (Å²) in [6.07, 6.45) is 4.52. The zero-order valence-electron chi connectivity index (χ0n) is 11.4. The fraction of sp³-hybridized carbons (Fsp3) is 0.375. The van der Waals surface area contributed by atoms with Crippen LogP contribution in [0.15, 0.2) is 24.4 Å². The lowest BCUT2D eigenvalue weighted by atomic mass is 9.97. The molecule has 0 amide bonds. The highest BCUT2D eigenvalue weighted by atomic mass is 16.1. The Morgan fingerprint density at radius 2 is 2.00 bits per heavy atom. The van der Waals surface area contributed by atoms with Crippen molar-refractivity contribution in [3.63, 3.8) is 0 Å². The van der Waals surface area contributed by atoms with Crippen LogP contribution in [0.3, 0.4) is 0 Å². The van der Waals surface area contributed by atoms with Crippen LogP contribution in [0.4, 0.5) is 0 Å². The van der Waals surface area contributed by atoms with Gasteiger partial charge in [0.1, 0.15) is 0 Å². The van der Waals surface area contributed by atoms with Crippen molar-refractivity contribution in [1.29, 1.82) is 0 Å². The summed E-state index contributed by atoms with van der Waals surface area (Å²) in [6, 6.07) is 6.03. The molecule has 0 radical (unpaired) electrons. The van der Waals surface area contributed by atoms with Crippen LogP contribution in [0.5, 0.6) is 0 Å². The Bertz CT molecular complexity index is 640. The van der Waals surface area contributed by atoms with E-state index in [1.54, 1.807) is 0 Å². The summed E-state index contributed by atoms with van der Waals surface area (Å²) < 4.78 is 2.05.